The van der Waals surface area contributed by atoms with Crippen LogP contribution in [-0.2, 0) is 17.6 Å². The van der Waals surface area contributed by atoms with E-state index in [0.29, 0.717) is 18.1 Å². The van der Waals surface area contributed by atoms with E-state index < -0.39 is 0 Å². The molecule has 0 N–H and O–H groups in total. The number of thiophene rings is 1. The molecule has 0 spiro atoms. The van der Waals surface area contributed by atoms with Crippen LogP contribution >= 0.6 is 11.3 Å². The SMILES string of the molecule is O=C(Cc1coc(-c2cccs2)n1)N1CC(n2cccn2)Cc2ccccc21. The van der Waals surface area contributed by atoms with Crippen LogP contribution < -0.4 is 4.90 Å². The number of benzene rings is 1. The summed E-state index contributed by atoms with van der Waals surface area (Å²) in [5.41, 5.74) is 2.77. The summed E-state index contributed by atoms with van der Waals surface area (Å²) in [5.74, 6) is 0.571. The molecule has 0 radical (unpaired) electrons. The molecule has 4 heterocycles. The summed E-state index contributed by atoms with van der Waals surface area (Å²) >= 11 is 1.56. The summed E-state index contributed by atoms with van der Waals surface area (Å²) in [5, 5.41) is 6.35. The molecule has 4 aromatic rings. The van der Waals surface area contributed by atoms with Gasteiger partial charge in [0.25, 0.3) is 0 Å². The fourth-order valence-corrected chi connectivity index (χ4v) is 4.29. The molecule has 28 heavy (non-hydrogen) atoms. The van der Waals surface area contributed by atoms with Crippen LogP contribution in [-0.4, -0.2) is 27.2 Å². The van der Waals surface area contributed by atoms with Crippen molar-refractivity contribution in [2.45, 2.75) is 18.9 Å². The zero-order chi connectivity index (χ0) is 18.9. The first kappa shape index (κ1) is 16.9. The smallest absolute Gasteiger partial charge is 0.236 e. The minimum absolute atomic E-state index is 0.00957. The summed E-state index contributed by atoms with van der Waals surface area (Å²) in [7, 11) is 0. The quantitative estimate of drug-likeness (QED) is 0.529. The summed E-state index contributed by atoms with van der Waals surface area (Å²) in [6.07, 6.45) is 6.36. The van der Waals surface area contributed by atoms with Gasteiger partial charge in [-0.25, -0.2) is 4.98 Å². The highest BCUT2D eigenvalue weighted by Gasteiger charge is 2.30. The van der Waals surface area contributed by atoms with E-state index in [2.05, 4.69) is 16.1 Å². The molecule has 0 fully saturated rings. The number of hydrogen-bond donors (Lipinski definition) is 0. The number of rotatable bonds is 4. The normalized spacial score (nSPS) is 16.1. The average Bonchev–Trinajstić information content (AvgIpc) is 3.49. The first-order valence-corrected chi connectivity index (χ1v) is 10.0. The van der Waals surface area contributed by atoms with Gasteiger partial charge in [0.15, 0.2) is 0 Å². The van der Waals surface area contributed by atoms with Crippen molar-refractivity contribution in [1.82, 2.24) is 14.8 Å². The molecule has 0 aliphatic carbocycles. The summed E-state index contributed by atoms with van der Waals surface area (Å²) < 4.78 is 7.49. The van der Waals surface area contributed by atoms with E-state index in [-0.39, 0.29) is 18.4 Å². The maximum Gasteiger partial charge on any atom is 0.236 e. The van der Waals surface area contributed by atoms with Crippen LogP contribution in [0.1, 0.15) is 17.3 Å². The first-order valence-electron chi connectivity index (χ1n) is 9.13. The predicted octanol–water partition coefficient (Wildman–Crippen LogP) is 3.97. The topological polar surface area (TPSA) is 64.2 Å². The summed E-state index contributed by atoms with van der Waals surface area (Å²) in [6, 6.07) is 14.0. The van der Waals surface area contributed by atoms with Gasteiger partial charge in [0.2, 0.25) is 11.8 Å². The van der Waals surface area contributed by atoms with E-state index in [1.54, 1.807) is 23.8 Å². The number of nitrogens with zero attached hydrogens (tertiary/aromatic N) is 4. The number of para-hydroxylation sites is 1. The zero-order valence-corrected chi connectivity index (χ0v) is 15.9. The van der Waals surface area contributed by atoms with Gasteiger partial charge >= 0.3 is 0 Å². The highest BCUT2D eigenvalue weighted by Crippen LogP contribution is 2.32. The van der Waals surface area contributed by atoms with Gasteiger partial charge in [-0.15, -0.1) is 11.3 Å². The minimum atomic E-state index is 0.00957. The maximum atomic E-state index is 13.2. The van der Waals surface area contributed by atoms with Crippen molar-refractivity contribution in [2.24, 2.45) is 0 Å². The Morgan fingerprint density at radius 2 is 2.14 bits per heavy atom. The number of hydrogen-bond acceptors (Lipinski definition) is 5. The molecule has 1 amide bonds. The number of amides is 1. The molecule has 7 heteroatoms. The molecule has 5 rings (SSSR count). The van der Waals surface area contributed by atoms with Crippen molar-refractivity contribution in [3.8, 4) is 10.8 Å². The van der Waals surface area contributed by atoms with Crippen molar-refractivity contribution in [1.29, 1.82) is 0 Å². The highest BCUT2D eigenvalue weighted by atomic mass is 32.1. The Morgan fingerprint density at radius 1 is 1.21 bits per heavy atom. The van der Waals surface area contributed by atoms with E-state index in [1.165, 1.54) is 0 Å². The highest BCUT2D eigenvalue weighted by molar-refractivity contribution is 7.13. The maximum absolute atomic E-state index is 13.2. The Balaban J connectivity index is 1.40. The van der Waals surface area contributed by atoms with Crippen LogP contribution in [0.25, 0.3) is 10.8 Å². The van der Waals surface area contributed by atoms with E-state index in [4.69, 9.17) is 4.42 Å². The minimum Gasteiger partial charge on any atom is -0.444 e. The largest absolute Gasteiger partial charge is 0.444 e. The fourth-order valence-electron chi connectivity index (χ4n) is 3.64. The molecule has 1 unspecified atom stereocenters. The molecule has 1 aromatic carbocycles. The number of anilines is 1. The fraction of sp³-hybridized carbons (Fsp3) is 0.190. The van der Waals surface area contributed by atoms with Gasteiger partial charge in [0.05, 0.1) is 23.0 Å². The number of carbonyl (C=O) groups is 1. The zero-order valence-electron chi connectivity index (χ0n) is 15.1. The Bertz CT molecular complexity index is 1090. The first-order chi connectivity index (χ1) is 13.8. The van der Waals surface area contributed by atoms with Crippen LogP contribution in [0.3, 0.4) is 0 Å². The lowest BCUT2D eigenvalue weighted by molar-refractivity contribution is -0.118. The van der Waals surface area contributed by atoms with Crippen LogP contribution in [0.4, 0.5) is 5.69 Å². The standard InChI is InChI=1S/C21H18N4O2S/c26-20(12-16-14-27-21(23-16)19-7-3-10-28-19)24-13-17(25-9-4-8-22-25)11-15-5-1-2-6-18(15)24/h1-10,14,17H,11-13H2. The van der Waals surface area contributed by atoms with Crippen molar-refractivity contribution in [3.05, 3.63) is 77.8 Å². The van der Waals surface area contributed by atoms with E-state index in [9.17, 15) is 4.79 Å². The van der Waals surface area contributed by atoms with Crippen molar-refractivity contribution in [2.75, 3.05) is 11.4 Å². The monoisotopic (exact) mass is 390 g/mol. The van der Waals surface area contributed by atoms with Gasteiger partial charge in [-0.05, 0) is 35.6 Å². The van der Waals surface area contributed by atoms with Gasteiger partial charge in [-0.3, -0.25) is 9.48 Å². The molecule has 0 saturated heterocycles. The molecule has 0 bridgehead atoms. The Labute approximate surface area is 166 Å². The molecular formula is C21H18N4O2S. The predicted molar refractivity (Wildman–Crippen MR) is 107 cm³/mol. The number of carbonyl (C=O) groups excluding carboxylic acids is 1. The van der Waals surface area contributed by atoms with Gasteiger partial charge in [0, 0.05) is 24.6 Å². The second-order valence-corrected chi connectivity index (χ2v) is 7.72. The Morgan fingerprint density at radius 3 is 2.96 bits per heavy atom. The second-order valence-electron chi connectivity index (χ2n) is 6.78. The number of aromatic nitrogens is 3. The van der Waals surface area contributed by atoms with Gasteiger partial charge in [-0.2, -0.15) is 5.10 Å². The second kappa shape index (κ2) is 7.09. The van der Waals surface area contributed by atoms with Gasteiger partial charge in [0.1, 0.15) is 6.26 Å². The Hall–Kier alpha value is -3.19. The van der Waals surface area contributed by atoms with Crippen LogP contribution in [0, 0.1) is 0 Å². The Kier molecular flexibility index (Phi) is 4.29. The van der Waals surface area contributed by atoms with Crippen molar-refractivity contribution >= 4 is 22.9 Å². The molecule has 1 atom stereocenters. The van der Waals surface area contributed by atoms with Crippen molar-refractivity contribution < 1.29 is 9.21 Å². The molecule has 0 saturated carbocycles. The lowest BCUT2D eigenvalue weighted by Crippen LogP contribution is -2.41. The molecule has 1 aliphatic rings. The average molecular weight is 390 g/mol. The number of fused-ring (bicyclic) bond motifs is 1. The summed E-state index contributed by atoms with van der Waals surface area (Å²) in [6.45, 7) is 0.590. The van der Waals surface area contributed by atoms with Gasteiger partial charge < -0.3 is 9.32 Å². The van der Waals surface area contributed by atoms with E-state index in [1.807, 2.05) is 57.6 Å². The molecule has 140 valence electrons. The van der Waals surface area contributed by atoms with Crippen LogP contribution in [0.15, 0.2) is 70.9 Å². The van der Waals surface area contributed by atoms with E-state index >= 15 is 0 Å². The van der Waals surface area contributed by atoms with Crippen LogP contribution in [0.2, 0.25) is 0 Å². The third kappa shape index (κ3) is 3.14. The molecule has 3 aromatic heterocycles. The lowest BCUT2D eigenvalue weighted by Gasteiger charge is -2.34. The van der Waals surface area contributed by atoms with Crippen LogP contribution in [0.5, 0.6) is 0 Å². The third-order valence-corrected chi connectivity index (χ3v) is 5.81. The summed E-state index contributed by atoms with van der Waals surface area (Å²) in [4.78, 5) is 20.5. The molecule has 1 aliphatic heterocycles. The molecular weight excluding hydrogens is 372 g/mol. The number of oxazole rings is 1. The van der Waals surface area contributed by atoms with Crippen molar-refractivity contribution in [3.63, 3.8) is 0 Å². The van der Waals surface area contributed by atoms with Gasteiger partial charge in [-0.1, -0.05) is 24.3 Å². The van der Waals surface area contributed by atoms with E-state index in [0.717, 1.165) is 22.5 Å². The molecule has 6 nitrogen and oxygen atoms in total. The lowest BCUT2D eigenvalue weighted by atomic mass is 9.97. The third-order valence-electron chi connectivity index (χ3n) is 4.95.